The molecule has 0 unspecified atom stereocenters. The van der Waals surface area contributed by atoms with Gasteiger partial charge in [0.25, 0.3) is 0 Å². The minimum Gasteiger partial charge on any atom is -0.478 e. The first kappa shape index (κ1) is 28.1. The second-order valence-corrected chi connectivity index (χ2v) is 12.3. The van der Waals surface area contributed by atoms with Crippen molar-refractivity contribution in [1.29, 1.82) is 0 Å². The summed E-state index contributed by atoms with van der Waals surface area (Å²) in [5, 5.41) is 0. The van der Waals surface area contributed by atoms with Gasteiger partial charge in [-0.3, -0.25) is 0 Å². The average molecular weight is 524 g/mol. The van der Waals surface area contributed by atoms with Crippen LogP contribution in [0.25, 0.3) is 0 Å². The zero-order valence-corrected chi connectivity index (χ0v) is 23.1. The van der Waals surface area contributed by atoms with Gasteiger partial charge in [-0.05, 0) is 77.9 Å². The van der Waals surface area contributed by atoms with Gasteiger partial charge in [0, 0.05) is 0 Å². The topological polar surface area (TPSA) is 71.1 Å². The Bertz CT molecular complexity index is 1140. The zero-order chi connectivity index (χ0) is 27.1. The monoisotopic (exact) mass is 523 g/mol. The fraction of sp³-hybridized carbons (Fsp3) is 0.333. The van der Waals surface area contributed by atoms with E-state index >= 15 is 0 Å². The zero-order valence-electron chi connectivity index (χ0n) is 22.3. The smallest absolute Gasteiger partial charge is 0.344 e. The Morgan fingerprint density at radius 1 is 0.622 bits per heavy atom. The average Bonchev–Trinajstić information content (AvgIpc) is 2.81. The number of hydrogen-bond acceptors (Lipinski definition) is 6. The van der Waals surface area contributed by atoms with Crippen LogP contribution in [0.4, 0.5) is 0 Å². The van der Waals surface area contributed by atoms with Gasteiger partial charge < -0.3 is 18.9 Å². The van der Waals surface area contributed by atoms with E-state index in [9.17, 15) is 9.59 Å². The quantitative estimate of drug-likeness (QED) is 0.245. The second kappa shape index (κ2) is 12.2. The molecule has 0 amide bonds. The molecule has 0 saturated heterocycles. The van der Waals surface area contributed by atoms with E-state index in [1.54, 1.807) is 47.6 Å². The first-order valence-electron chi connectivity index (χ1n) is 12.1. The predicted molar refractivity (Wildman–Crippen MR) is 144 cm³/mol. The molecule has 0 radical (unpaired) electrons. The first-order valence-corrected chi connectivity index (χ1v) is 13.3. The molecular formula is C30H35O6S+. The van der Waals surface area contributed by atoms with Gasteiger partial charge in [-0.25, -0.2) is 9.59 Å². The molecule has 0 heterocycles. The molecule has 0 atom stereocenters. The fourth-order valence-corrected chi connectivity index (χ4v) is 5.62. The van der Waals surface area contributed by atoms with Gasteiger partial charge >= 0.3 is 11.9 Å². The summed E-state index contributed by atoms with van der Waals surface area (Å²) in [6.45, 7) is 10.2. The summed E-state index contributed by atoms with van der Waals surface area (Å²) in [7, 11) is -0.574. The summed E-state index contributed by atoms with van der Waals surface area (Å²) in [4.78, 5) is 27.9. The molecule has 0 fully saturated rings. The Hall–Kier alpha value is -3.45. The van der Waals surface area contributed by atoms with Crippen molar-refractivity contribution >= 4 is 22.8 Å². The van der Waals surface area contributed by atoms with Crippen molar-refractivity contribution in [2.75, 3.05) is 13.2 Å². The highest BCUT2D eigenvalue weighted by molar-refractivity contribution is 7.97. The lowest BCUT2D eigenvalue weighted by molar-refractivity contribution is -0.158. The maximum Gasteiger partial charge on any atom is 0.344 e. The van der Waals surface area contributed by atoms with Crippen molar-refractivity contribution < 1.29 is 28.5 Å². The third kappa shape index (κ3) is 8.86. The van der Waals surface area contributed by atoms with Crippen molar-refractivity contribution in [3.63, 3.8) is 0 Å². The van der Waals surface area contributed by atoms with E-state index in [0.717, 1.165) is 14.7 Å². The van der Waals surface area contributed by atoms with E-state index in [-0.39, 0.29) is 13.2 Å². The van der Waals surface area contributed by atoms with E-state index in [0.29, 0.717) is 11.5 Å². The van der Waals surface area contributed by atoms with Gasteiger partial charge in [0.1, 0.15) is 22.1 Å². The van der Waals surface area contributed by atoms with Gasteiger partial charge in [-0.1, -0.05) is 42.5 Å². The standard InChI is InChI=1S/C30H35O6S/c1-29(2,3)35-26(31)20-33-24-18-13-19-25(28(24)34-21-27(32)36-30(4,5)6)37(22-14-9-7-10-15-22)23-16-11-8-12-17-23/h7-19H,20-21H2,1-6H3/q+1. The largest absolute Gasteiger partial charge is 0.478 e. The fourth-order valence-electron chi connectivity index (χ4n) is 3.43. The summed E-state index contributed by atoms with van der Waals surface area (Å²) < 4.78 is 22.8. The van der Waals surface area contributed by atoms with Crippen LogP contribution in [0.15, 0.2) is 93.5 Å². The summed E-state index contributed by atoms with van der Waals surface area (Å²) in [5.74, 6) is -0.273. The minimum absolute atomic E-state index is 0.298. The van der Waals surface area contributed by atoms with Crippen LogP contribution in [0.1, 0.15) is 41.5 Å². The van der Waals surface area contributed by atoms with Crippen molar-refractivity contribution in [2.24, 2.45) is 0 Å². The maximum atomic E-state index is 12.5. The second-order valence-electron chi connectivity index (χ2n) is 10.3. The lowest BCUT2D eigenvalue weighted by Crippen LogP contribution is -2.28. The summed E-state index contributed by atoms with van der Waals surface area (Å²) in [6, 6.07) is 25.6. The normalized spacial score (nSPS) is 11.6. The van der Waals surface area contributed by atoms with Crippen molar-refractivity contribution in [3.8, 4) is 11.5 Å². The molecular weight excluding hydrogens is 488 g/mol. The lowest BCUT2D eigenvalue weighted by atomic mass is 10.2. The molecule has 0 N–H and O–H groups in total. The molecule has 3 rings (SSSR count). The van der Waals surface area contributed by atoms with Crippen LogP contribution in [-0.4, -0.2) is 36.4 Å². The number of benzene rings is 3. The van der Waals surface area contributed by atoms with Gasteiger partial charge in [-0.15, -0.1) is 0 Å². The molecule has 0 spiro atoms. The molecule has 3 aromatic rings. The van der Waals surface area contributed by atoms with Crippen LogP contribution in [-0.2, 0) is 30.0 Å². The van der Waals surface area contributed by atoms with E-state index in [1.165, 1.54) is 0 Å². The van der Waals surface area contributed by atoms with Crippen molar-refractivity contribution in [1.82, 2.24) is 0 Å². The van der Waals surface area contributed by atoms with Crippen LogP contribution >= 0.6 is 0 Å². The van der Waals surface area contributed by atoms with Gasteiger partial charge in [0.15, 0.2) is 28.8 Å². The van der Waals surface area contributed by atoms with E-state index in [4.69, 9.17) is 18.9 Å². The molecule has 37 heavy (non-hydrogen) atoms. The van der Waals surface area contributed by atoms with Gasteiger partial charge in [-0.2, -0.15) is 0 Å². The molecule has 3 aromatic carbocycles. The molecule has 196 valence electrons. The van der Waals surface area contributed by atoms with E-state index in [2.05, 4.69) is 24.3 Å². The van der Waals surface area contributed by atoms with Crippen LogP contribution in [0.5, 0.6) is 11.5 Å². The molecule has 0 aliphatic carbocycles. The first-order chi connectivity index (χ1) is 17.4. The summed E-state index contributed by atoms with van der Waals surface area (Å²) in [6.07, 6.45) is 0. The van der Waals surface area contributed by atoms with E-state index in [1.807, 2.05) is 48.5 Å². The molecule has 0 bridgehead atoms. The summed E-state index contributed by atoms with van der Waals surface area (Å²) in [5.41, 5.74) is -1.28. The Morgan fingerprint density at radius 2 is 1.08 bits per heavy atom. The number of rotatable bonds is 9. The van der Waals surface area contributed by atoms with Crippen molar-refractivity contribution in [2.45, 2.75) is 67.4 Å². The third-order valence-electron chi connectivity index (χ3n) is 4.64. The van der Waals surface area contributed by atoms with Crippen molar-refractivity contribution in [3.05, 3.63) is 78.9 Å². The number of carbonyl (C=O) groups is 2. The molecule has 6 nitrogen and oxygen atoms in total. The number of carbonyl (C=O) groups excluding carboxylic acids is 2. The third-order valence-corrected chi connectivity index (χ3v) is 6.89. The predicted octanol–water partition coefficient (Wildman–Crippen LogP) is 6.22. The number of esters is 2. The Labute approximate surface area is 222 Å². The maximum absolute atomic E-state index is 12.5. The number of para-hydroxylation sites is 1. The highest BCUT2D eigenvalue weighted by atomic mass is 32.2. The molecule has 7 heteroatoms. The minimum atomic E-state index is -0.644. The Kier molecular flexibility index (Phi) is 9.27. The molecule has 0 aliphatic rings. The highest BCUT2D eigenvalue weighted by Gasteiger charge is 2.34. The van der Waals surface area contributed by atoms with Crippen LogP contribution in [0.2, 0.25) is 0 Å². The van der Waals surface area contributed by atoms with E-state index < -0.39 is 34.0 Å². The lowest BCUT2D eigenvalue weighted by Gasteiger charge is -2.21. The molecule has 0 saturated carbocycles. The number of hydrogen-bond donors (Lipinski definition) is 0. The van der Waals surface area contributed by atoms with Gasteiger partial charge in [0.05, 0.1) is 0 Å². The van der Waals surface area contributed by atoms with Crippen LogP contribution < -0.4 is 9.47 Å². The Morgan fingerprint density at radius 3 is 1.54 bits per heavy atom. The van der Waals surface area contributed by atoms with Gasteiger partial charge in [0.2, 0.25) is 10.6 Å². The molecule has 0 aliphatic heterocycles. The molecule has 0 aromatic heterocycles. The SMILES string of the molecule is CC(C)(C)OC(=O)COc1cccc([S+](c2ccccc2)c2ccccc2)c1OCC(=O)OC(C)(C)C. The van der Waals surface area contributed by atoms with Crippen LogP contribution in [0, 0.1) is 0 Å². The number of ether oxygens (including phenoxy) is 4. The summed E-state index contributed by atoms with van der Waals surface area (Å²) >= 11 is 0. The Balaban J connectivity index is 2.03. The highest BCUT2D eigenvalue weighted by Crippen LogP contribution is 2.41. The van der Waals surface area contributed by atoms with Crippen LogP contribution in [0.3, 0.4) is 0 Å².